The van der Waals surface area contributed by atoms with Gasteiger partial charge in [0, 0.05) is 115 Å². The van der Waals surface area contributed by atoms with Crippen LogP contribution in [-0.4, -0.2) is 244 Å². The summed E-state index contributed by atoms with van der Waals surface area (Å²) in [7, 11) is -1.73. The minimum absolute atomic E-state index is 0.00326. The van der Waals surface area contributed by atoms with Crippen LogP contribution < -0.4 is 16.0 Å². The highest BCUT2D eigenvalue weighted by Gasteiger charge is 2.47. The second-order valence-electron chi connectivity index (χ2n) is 26.5. The third-order valence-electron chi connectivity index (χ3n) is 18.2. The zero-order valence-electron chi connectivity index (χ0n) is 62.8. The van der Waals surface area contributed by atoms with Gasteiger partial charge in [0.1, 0.15) is 19.8 Å². The maximum Gasteiger partial charge on any atom is 0.416 e. The van der Waals surface area contributed by atoms with Crippen molar-refractivity contribution in [2.45, 2.75) is 82.3 Å². The van der Waals surface area contributed by atoms with Gasteiger partial charge in [0.15, 0.2) is 0 Å². The van der Waals surface area contributed by atoms with Crippen LogP contribution in [0.25, 0.3) is 52.2 Å². The Kier molecular flexibility index (Phi) is 39.5. The van der Waals surface area contributed by atoms with E-state index < -0.39 is 95.3 Å². The summed E-state index contributed by atoms with van der Waals surface area (Å²) in [5, 5.41) is 50.1. The zero-order chi connectivity index (χ0) is 88.0. The van der Waals surface area contributed by atoms with Crippen LogP contribution in [0.2, 0.25) is 0 Å². The number of alkyl carbamates (subject to hydrolysis) is 1. The number of carboxylic acid groups (broad SMARTS) is 5. The third kappa shape index (κ3) is 30.9. The number of carbonyl (C=O) groups is 17. The van der Waals surface area contributed by atoms with Gasteiger partial charge in [-0.25, -0.2) is 24.2 Å². The zero-order valence-corrected chi connectivity index (χ0v) is 67.8. The van der Waals surface area contributed by atoms with Crippen molar-refractivity contribution >= 4 is 146 Å². The Balaban J connectivity index is 0.000000219. The molecule has 55 heteroatoms. The van der Waals surface area contributed by atoms with Crippen molar-refractivity contribution in [3.05, 3.63) is 160 Å². The van der Waals surface area contributed by atoms with Crippen molar-refractivity contribution < 1.29 is 121 Å². The molecule has 12 amide bonds. The van der Waals surface area contributed by atoms with E-state index in [-0.39, 0.29) is 214 Å². The highest BCUT2D eigenvalue weighted by molar-refractivity contribution is 7.35. The molecule has 13 rings (SSSR count). The van der Waals surface area contributed by atoms with Crippen LogP contribution in [0.3, 0.4) is 0 Å². The molecule has 10 heterocycles. The molecule has 10 fully saturated rings. The number of cyclic esters (lactones) is 3. The van der Waals surface area contributed by atoms with E-state index in [4.69, 9.17) is 67.4 Å². The Morgan fingerprint density at radius 3 is 0.858 bits per heavy atom. The SMILES string of the molecule is O=C1C[C@@H](C(=O)O)CN1.O=C1C[C@H](C(=O)O)CN1.O=C1N[C@H](Cc2ccccc2)CO1.[N-]=[N+]=NPN1CC(C(=O)O)CC1=O.[N-]=[N+]=NPN1C[C@@H](C(=O)N2C(=O)OC[C@H]2Cc2ccccc2)CC1=O.[N-]=[N+]=NPN1C[C@@H](C(=O)O)CC1=O.[N-]=[N+]=NPN1C[C@H](C(=O)N2C(=O)OC[C@H]2Cc2ccccc2)CC1=O.[N-]=[N+]=NPN1C[C@H](C(=O)O)CC1=O. The molecule has 10 aliphatic rings. The monoisotopic (exact) mass is 1760 g/mol. The lowest BCUT2D eigenvalue weighted by Crippen LogP contribution is -2.44. The molecule has 6 unspecified atom stereocenters. The molecule has 3 aromatic carbocycles. The summed E-state index contributed by atoms with van der Waals surface area (Å²) in [5.74, 6) is -11.4. The topological polar surface area (TPSA) is 722 Å². The van der Waals surface area contributed by atoms with Gasteiger partial charge in [-0.15, -0.1) is 0 Å². The van der Waals surface area contributed by atoms with Crippen molar-refractivity contribution in [1.29, 1.82) is 0 Å². The fourth-order valence-corrected chi connectivity index (χ4v) is 15.4. The molecule has 0 saturated carbocycles. The highest BCUT2D eigenvalue weighted by Crippen LogP contribution is 2.36. The molecule has 120 heavy (non-hydrogen) atoms. The number of amides is 12. The third-order valence-corrected chi connectivity index (χ3v) is 22.4. The molecule has 15 atom stereocenters. The molecule has 8 N–H and O–H groups in total. The van der Waals surface area contributed by atoms with Crippen molar-refractivity contribution in [1.82, 2.24) is 49.1 Å². The number of hydrogen-bond acceptors (Lipinski definition) is 25. The molecule has 0 bridgehead atoms. The van der Waals surface area contributed by atoms with Gasteiger partial charge in [-0.2, -0.15) is 0 Å². The summed E-state index contributed by atoms with van der Waals surface area (Å²) in [6.07, 6.45) is 0.493. The van der Waals surface area contributed by atoms with Gasteiger partial charge < -0.3 is 79.0 Å². The van der Waals surface area contributed by atoms with Crippen LogP contribution in [-0.2, 0) is 101 Å². The minimum atomic E-state index is -0.985. The molecule has 638 valence electrons. The average molecular weight is 1760 g/mol. The molecular weight excluding hydrogens is 1690 g/mol. The Hall–Kier alpha value is -12.8. The molecule has 0 aliphatic carbocycles. The molecule has 10 saturated heterocycles. The summed E-state index contributed by atoms with van der Waals surface area (Å²) in [5.41, 5.74) is 43.9. The summed E-state index contributed by atoms with van der Waals surface area (Å²) in [6.45, 7) is 2.07. The predicted octanol–water partition coefficient (Wildman–Crippen LogP) is 6.45. The van der Waals surface area contributed by atoms with Gasteiger partial charge >= 0.3 is 48.1 Å². The van der Waals surface area contributed by atoms with Gasteiger partial charge in [-0.05, 0) is 63.6 Å². The molecule has 50 nitrogen and oxygen atoms in total. The smallest absolute Gasteiger partial charge is 0.416 e. The molecule has 10 aliphatic heterocycles. The first-order valence-corrected chi connectivity index (χ1v) is 40.1. The van der Waals surface area contributed by atoms with Crippen LogP contribution in [0.4, 0.5) is 14.4 Å². The van der Waals surface area contributed by atoms with Gasteiger partial charge in [0.05, 0.1) is 104 Å². The van der Waals surface area contributed by atoms with E-state index in [0.717, 1.165) is 27.3 Å². The summed E-state index contributed by atoms with van der Waals surface area (Å²) in [6, 6.07) is 28.5. The van der Waals surface area contributed by atoms with Crippen LogP contribution in [0.5, 0.6) is 0 Å². The standard InChI is InChI=1S/2C15H16N5O4P.C10H11NO2.3C5H7N4O3P.2C5H7NO3/c2*16-17-18-25-19-8-11(7-13(19)21)14(22)20-12(9-24-15(20)23)6-10-4-2-1-3-5-10;12-10-11-9(7-13-10)6-8-4-2-1-3-5-8;3*6-7-8-13-9-2-3(5(11)12)1-4(9)10;2*7-4-1-3(2-6-4)5(8)9/h2*1-5,11-12,25H,6-9H2;1-5,9H,6-7H2,(H,11,12);3*3,13H,1-2H2,(H,11,12);2*3H,1-2H2,(H,6,7)(H,8,9)/t11-,12+;11-,12-;9-;2*3-;;2*3-/m01110.10/s1. The van der Waals surface area contributed by atoms with E-state index in [1.165, 1.54) is 28.9 Å². The number of imide groups is 2. The first-order valence-electron chi connectivity index (χ1n) is 35.6. The molecule has 0 radical (unpaired) electrons. The van der Waals surface area contributed by atoms with Crippen LogP contribution in [0, 0.1) is 41.4 Å². The lowest BCUT2D eigenvalue weighted by molar-refractivity contribution is -0.142. The van der Waals surface area contributed by atoms with Crippen molar-refractivity contribution in [2.75, 3.05) is 65.6 Å². The summed E-state index contributed by atoms with van der Waals surface area (Å²) >= 11 is 0. The fourth-order valence-electron chi connectivity index (χ4n) is 12.1. The second-order valence-corrected chi connectivity index (χ2v) is 31.2. The number of nitrogens with zero attached hydrogens (tertiary/aromatic N) is 22. The number of carboxylic acids is 5. The van der Waals surface area contributed by atoms with Crippen LogP contribution >= 0.6 is 44.4 Å². The molecule has 3 aromatic rings. The number of azide groups is 5. The Morgan fingerprint density at radius 2 is 0.633 bits per heavy atom. The number of benzene rings is 3. The number of carbonyl (C=O) groups excluding carboxylic acids is 12. The average Bonchev–Trinajstić information content (AvgIpc) is 1.66. The molecule has 0 spiro atoms. The van der Waals surface area contributed by atoms with E-state index in [0.29, 0.717) is 19.4 Å². The molecule has 0 aromatic heterocycles. The number of hydrogen-bond donors (Lipinski definition) is 8. The van der Waals surface area contributed by atoms with E-state index in [1.54, 1.807) is 0 Å². The highest BCUT2D eigenvalue weighted by atomic mass is 31.1. The minimum Gasteiger partial charge on any atom is -0.481 e. The van der Waals surface area contributed by atoms with Crippen LogP contribution in [0.1, 0.15) is 61.6 Å². The largest absolute Gasteiger partial charge is 0.481 e. The van der Waals surface area contributed by atoms with Gasteiger partial charge in [0.25, 0.3) is 0 Å². The van der Waals surface area contributed by atoms with Gasteiger partial charge in [-0.3, -0.25) is 67.1 Å². The van der Waals surface area contributed by atoms with Crippen molar-refractivity contribution in [2.24, 2.45) is 65.8 Å². The Bertz CT molecular complexity index is 4250. The van der Waals surface area contributed by atoms with E-state index in [2.05, 4.69) is 64.9 Å². The summed E-state index contributed by atoms with van der Waals surface area (Å²) in [4.78, 5) is 221. The Morgan fingerprint density at radius 1 is 0.367 bits per heavy atom. The van der Waals surface area contributed by atoms with Gasteiger partial charge in [-0.1, -0.05) is 115 Å². The van der Waals surface area contributed by atoms with Crippen molar-refractivity contribution in [3.8, 4) is 0 Å². The van der Waals surface area contributed by atoms with E-state index >= 15 is 0 Å². The first-order chi connectivity index (χ1) is 57.4. The maximum absolute atomic E-state index is 12.8. The number of aliphatic carboxylic acids is 5. The number of ether oxygens (including phenoxy) is 3. The fraction of sp³-hybridized carbons (Fsp3) is 0.462. The normalized spacial score (nSPS) is 23.1. The number of nitrogens with one attached hydrogen (secondary N) is 3. The quantitative estimate of drug-likeness (QED) is 0.0166. The summed E-state index contributed by atoms with van der Waals surface area (Å²) < 4.78 is 21.4. The van der Waals surface area contributed by atoms with E-state index in [1.807, 2.05) is 91.0 Å². The lowest BCUT2D eigenvalue weighted by Gasteiger charge is -2.22. The van der Waals surface area contributed by atoms with Crippen molar-refractivity contribution in [3.63, 3.8) is 0 Å². The second kappa shape index (κ2) is 49.4. The lowest BCUT2D eigenvalue weighted by atomic mass is 10.0. The molecular formula is C65H78N25O25P5. The first kappa shape index (κ1) is 96.0. The van der Waals surface area contributed by atoms with Gasteiger partial charge in [0.2, 0.25) is 53.2 Å². The van der Waals surface area contributed by atoms with Crippen LogP contribution in [0.15, 0.2) is 115 Å². The Labute approximate surface area is 687 Å². The maximum atomic E-state index is 12.8. The van der Waals surface area contributed by atoms with E-state index in [9.17, 15) is 81.5 Å². The predicted molar refractivity (Wildman–Crippen MR) is 419 cm³/mol. The number of rotatable bonds is 23.